The minimum atomic E-state index is -0.415. The second kappa shape index (κ2) is 7.80. The van der Waals surface area contributed by atoms with E-state index in [0.29, 0.717) is 27.9 Å². The summed E-state index contributed by atoms with van der Waals surface area (Å²) in [4.78, 5) is 4.83. The van der Waals surface area contributed by atoms with Crippen LogP contribution in [0.15, 0.2) is 52.9 Å². The first kappa shape index (κ1) is 19.7. The fraction of sp³-hybridized carbons (Fsp3) is 0.273. The van der Waals surface area contributed by atoms with Crippen LogP contribution in [0.4, 0.5) is 4.39 Å². The Morgan fingerprint density at radius 2 is 2.16 bits per heavy atom. The summed E-state index contributed by atoms with van der Waals surface area (Å²) in [5.41, 5.74) is 3.89. The number of rotatable bonds is 5. The van der Waals surface area contributed by atoms with Gasteiger partial charge in [0.2, 0.25) is 0 Å². The van der Waals surface area contributed by atoms with Crippen molar-refractivity contribution < 1.29 is 9.50 Å². The minimum absolute atomic E-state index is 0.214. The van der Waals surface area contributed by atoms with Crippen LogP contribution in [-0.2, 0) is 0 Å². The number of aliphatic hydroxyl groups is 1. The SMILES string of the molecule is Cc1c(-c2cc(Sc3ncccc3F)c3c(C#N)cnn3c2)cnn1[C@H]1C[C@@H](CO)C1. The van der Waals surface area contributed by atoms with Crippen LogP contribution in [0, 0.1) is 30.0 Å². The van der Waals surface area contributed by atoms with E-state index in [0.717, 1.165) is 29.7 Å². The van der Waals surface area contributed by atoms with Crippen LogP contribution in [0.5, 0.6) is 0 Å². The predicted molar refractivity (Wildman–Crippen MR) is 113 cm³/mol. The molecule has 1 aliphatic carbocycles. The van der Waals surface area contributed by atoms with Gasteiger partial charge in [-0.3, -0.25) is 4.68 Å². The second-order valence-electron chi connectivity index (χ2n) is 7.71. The van der Waals surface area contributed by atoms with Crippen LogP contribution in [0.3, 0.4) is 0 Å². The highest BCUT2D eigenvalue weighted by atomic mass is 32.2. The van der Waals surface area contributed by atoms with Gasteiger partial charge in [-0.15, -0.1) is 0 Å². The third kappa shape index (κ3) is 3.38. The molecule has 4 heterocycles. The first-order valence-electron chi connectivity index (χ1n) is 9.94. The van der Waals surface area contributed by atoms with Crippen LogP contribution in [0.2, 0.25) is 0 Å². The third-order valence-corrected chi connectivity index (χ3v) is 6.82. The van der Waals surface area contributed by atoms with Gasteiger partial charge >= 0.3 is 0 Å². The molecule has 156 valence electrons. The van der Waals surface area contributed by atoms with Gasteiger partial charge in [0.15, 0.2) is 5.82 Å². The Morgan fingerprint density at radius 1 is 1.32 bits per heavy atom. The van der Waals surface area contributed by atoms with Crippen molar-refractivity contribution in [2.45, 2.75) is 35.7 Å². The summed E-state index contributed by atoms with van der Waals surface area (Å²) in [5.74, 6) is -0.0698. The van der Waals surface area contributed by atoms with Gasteiger partial charge in [-0.25, -0.2) is 13.9 Å². The van der Waals surface area contributed by atoms with Crippen molar-refractivity contribution in [2.24, 2.45) is 5.92 Å². The number of hydrogen-bond acceptors (Lipinski definition) is 6. The van der Waals surface area contributed by atoms with Crippen molar-refractivity contribution in [1.82, 2.24) is 24.4 Å². The molecule has 1 saturated carbocycles. The summed E-state index contributed by atoms with van der Waals surface area (Å²) in [6.45, 7) is 2.24. The van der Waals surface area contributed by atoms with Gasteiger partial charge in [-0.2, -0.15) is 15.5 Å². The summed E-state index contributed by atoms with van der Waals surface area (Å²) in [5, 5.41) is 28.0. The lowest BCUT2D eigenvalue weighted by Crippen LogP contribution is -2.30. The zero-order valence-corrected chi connectivity index (χ0v) is 17.6. The molecule has 0 saturated heterocycles. The molecule has 0 atom stereocenters. The van der Waals surface area contributed by atoms with E-state index in [1.165, 1.54) is 24.0 Å². The van der Waals surface area contributed by atoms with E-state index in [4.69, 9.17) is 0 Å². The molecular formula is C22H19FN6OS. The summed E-state index contributed by atoms with van der Waals surface area (Å²) < 4.78 is 17.9. The van der Waals surface area contributed by atoms with Crippen LogP contribution in [-0.4, -0.2) is 36.1 Å². The molecule has 1 N–H and O–H groups in total. The average Bonchev–Trinajstić information content (AvgIpc) is 3.33. The maximum atomic E-state index is 14.3. The Labute approximate surface area is 182 Å². The zero-order chi connectivity index (χ0) is 21.5. The van der Waals surface area contributed by atoms with Gasteiger partial charge in [0.1, 0.15) is 11.1 Å². The number of aromatic nitrogens is 5. The Kier molecular flexibility index (Phi) is 4.96. The normalized spacial score (nSPS) is 18.1. The first-order valence-corrected chi connectivity index (χ1v) is 10.8. The number of pyridine rings is 2. The fourth-order valence-electron chi connectivity index (χ4n) is 4.07. The molecule has 1 aliphatic rings. The van der Waals surface area contributed by atoms with Crippen LogP contribution < -0.4 is 0 Å². The molecule has 0 aromatic carbocycles. The molecule has 0 spiro atoms. The number of nitriles is 1. The highest BCUT2D eigenvalue weighted by Gasteiger charge is 2.31. The summed E-state index contributed by atoms with van der Waals surface area (Å²) in [7, 11) is 0. The van der Waals surface area contributed by atoms with Gasteiger partial charge in [0, 0.05) is 40.7 Å². The average molecular weight is 435 g/mol. The Hall–Kier alpha value is -3.22. The quantitative estimate of drug-likeness (QED) is 0.510. The smallest absolute Gasteiger partial charge is 0.155 e. The van der Waals surface area contributed by atoms with E-state index in [2.05, 4.69) is 21.3 Å². The van der Waals surface area contributed by atoms with E-state index >= 15 is 0 Å². The van der Waals surface area contributed by atoms with Crippen molar-refractivity contribution in [3.63, 3.8) is 0 Å². The molecule has 31 heavy (non-hydrogen) atoms. The zero-order valence-electron chi connectivity index (χ0n) is 16.7. The number of nitrogens with zero attached hydrogens (tertiary/aromatic N) is 6. The maximum absolute atomic E-state index is 14.3. The molecule has 0 radical (unpaired) electrons. The van der Waals surface area contributed by atoms with Crippen LogP contribution >= 0.6 is 11.8 Å². The number of hydrogen-bond donors (Lipinski definition) is 1. The van der Waals surface area contributed by atoms with E-state index in [1.807, 2.05) is 30.1 Å². The van der Waals surface area contributed by atoms with E-state index in [1.54, 1.807) is 16.8 Å². The third-order valence-electron chi connectivity index (χ3n) is 5.80. The molecule has 7 nitrogen and oxygen atoms in total. The lowest BCUT2D eigenvalue weighted by molar-refractivity contribution is 0.104. The summed E-state index contributed by atoms with van der Waals surface area (Å²) in [6.07, 6.45) is 8.58. The molecule has 1 fully saturated rings. The van der Waals surface area contributed by atoms with Gasteiger partial charge in [-0.1, -0.05) is 11.8 Å². The lowest BCUT2D eigenvalue weighted by atomic mass is 9.81. The summed E-state index contributed by atoms with van der Waals surface area (Å²) >= 11 is 1.17. The van der Waals surface area contributed by atoms with Gasteiger partial charge in [0.05, 0.1) is 29.5 Å². The van der Waals surface area contributed by atoms with Crippen molar-refractivity contribution in [3.05, 3.63) is 60.1 Å². The minimum Gasteiger partial charge on any atom is -0.396 e. The highest BCUT2D eigenvalue weighted by Crippen LogP contribution is 2.40. The molecule has 4 aromatic rings. The fourth-order valence-corrected chi connectivity index (χ4v) is 5.04. The molecule has 4 aromatic heterocycles. The molecule has 0 bridgehead atoms. The Bertz CT molecular complexity index is 1320. The maximum Gasteiger partial charge on any atom is 0.155 e. The molecule has 0 aliphatic heterocycles. The number of aliphatic hydroxyl groups excluding tert-OH is 1. The lowest BCUT2D eigenvalue weighted by Gasteiger charge is -2.34. The molecular weight excluding hydrogens is 415 g/mol. The summed E-state index contributed by atoms with van der Waals surface area (Å²) in [6, 6.07) is 7.29. The topological polar surface area (TPSA) is 92.0 Å². The van der Waals surface area contributed by atoms with Crippen LogP contribution in [0.1, 0.15) is 30.1 Å². The van der Waals surface area contributed by atoms with Crippen molar-refractivity contribution in [1.29, 1.82) is 5.26 Å². The molecule has 5 rings (SSSR count). The Balaban J connectivity index is 1.59. The van der Waals surface area contributed by atoms with E-state index < -0.39 is 5.82 Å². The van der Waals surface area contributed by atoms with E-state index in [-0.39, 0.29) is 11.6 Å². The van der Waals surface area contributed by atoms with Crippen LogP contribution in [0.25, 0.3) is 16.6 Å². The monoisotopic (exact) mass is 434 g/mol. The van der Waals surface area contributed by atoms with Gasteiger partial charge in [-0.05, 0) is 43.9 Å². The van der Waals surface area contributed by atoms with Crippen molar-refractivity contribution >= 4 is 17.3 Å². The standard InChI is InChI=1S/C22H19FN6OS/c1-13-18(10-27-29(13)17-5-14(6-17)12-30)15-7-20(31-22-19(23)3-2-4-25-22)21-16(8-24)9-26-28(21)11-15/h2-4,7,9-11,14,17,30H,5-6,12H2,1H3/t14-,17+. The number of halogens is 1. The number of fused-ring (bicyclic) bond motifs is 1. The van der Waals surface area contributed by atoms with Gasteiger partial charge in [0.25, 0.3) is 0 Å². The molecule has 0 amide bonds. The Morgan fingerprint density at radius 3 is 2.90 bits per heavy atom. The van der Waals surface area contributed by atoms with Gasteiger partial charge < -0.3 is 5.11 Å². The second-order valence-corrected chi connectivity index (χ2v) is 8.74. The molecule has 9 heteroatoms. The largest absolute Gasteiger partial charge is 0.396 e. The van der Waals surface area contributed by atoms with Crippen molar-refractivity contribution in [3.8, 4) is 17.2 Å². The van der Waals surface area contributed by atoms with Crippen molar-refractivity contribution in [2.75, 3.05) is 6.61 Å². The predicted octanol–water partition coefficient (Wildman–Crippen LogP) is 4.01. The first-order chi connectivity index (χ1) is 15.1. The molecule has 0 unspecified atom stereocenters. The highest BCUT2D eigenvalue weighted by molar-refractivity contribution is 7.99. The van der Waals surface area contributed by atoms with E-state index in [9.17, 15) is 14.8 Å².